The van der Waals surface area contributed by atoms with Gasteiger partial charge in [-0.1, -0.05) is 36.4 Å². The third-order valence-corrected chi connectivity index (χ3v) is 4.23. The molecule has 1 aromatic heterocycles. The molecular weight excluding hydrogens is 252 g/mol. The molecule has 2 rings (SSSR count). The van der Waals surface area contributed by atoms with Gasteiger partial charge < -0.3 is 0 Å². The largest absolute Gasteiger partial charge is 0.298 e. The molecule has 0 aliphatic rings. The van der Waals surface area contributed by atoms with Crippen molar-refractivity contribution in [1.82, 2.24) is 4.90 Å². The van der Waals surface area contributed by atoms with Crippen LogP contribution in [0.15, 0.2) is 47.8 Å². The number of nitriles is 1. The average molecular weight is 270 g/mol. The van der Waals surface area contributed by atoms with Gasteiger partial charge in [-0.05, 0) is 30.5 Å². The molecule has 0 aliphatic carbocycles. The van der Waals surface area contributed by atoms with Gasteiger partial charge in [0.05, 0.1) is 12.5 Å². The van der Waals surface area contributed by atoms with Crippen LogP contribution in [0.5, 0.6) is 0 Å². The molecule has 0 amide bonds. The minimum absolute atomic E-state index is 0.186. The van der Waals surface area contributed by atoms with E-state index in [4.69, 9.17) is 5.26 Å². The Hall–Kier alpha value is -1.63. The van der Waals surface area contributed by atoms with Gasteiger partial charge in [0.1, 0.15) is 0 Å². The highest BCUT2D eigenvalue weighted by Gasteiger charge is 2.16. The lowest BCUT2D eigenvalue weighted by atomic mass is 10.0. The molecule has 3 heteroatoms. The fraction of sp³-hybridized carbons (Fsp3) is 0.312. The molecule has 0 radical (unpaired) electrons. The van der Waals surface area contributed by atoms with Crippen molar-refractivity contribution in [1.29, 1.82) is 5.26 Å². The number of nitrogens with zero attached hydrogens (tertiary/aromatic N) is 2. The second kappa shape index (κ2) is 7.08. The standard InChI is InChI=1S/C16H18N2S/c1-18(12-10-15-8-5-13-19-15)16(9-11-17)14-6-3-2-4-7-14/h2-8,13,16H,9-10,12H2,1H3. The van der Waals surface area contributed by atoms with Crippen molar-refractivity contribution in [3.05, 3.63) is 58.3 Å². The summed E-state index contributed by atoms with van der Waals surface area (Å²) in [5, 5.41) is 11.1. The van der Waals surface area contributed by atoms with E-state index >= 15 is 0 Å². The Kier molecular flexibility index (Phi) is 5.14. The Morgan fingerprint density at radius 2 is 2.00 bits per heavy atom. The molecule has 1 atom stereocenters. The normalized spacial score (nSPS) is 12.3. The van der Waals surface area contributed by atoms with E-state index < -0.39 is 0 Å². The molecule has 0 bridgehead atoms. The van der Waals surface area contributed by atoms with Crippen LogP contribution in [0.3, 0.4) is 0 Å². The van der Waals surface area contributed by atoms with E-state index in [1.54, 1.807) is 11.3 Å². The monoisotopic (exact) mass is 270 g/mol. The van der Waals surface area contributed by atoms with E-state index in [2.05, 4.69) is 47.7 Å². The number of hydrogen-bond donors (Lipinski definition) is 0. The Bertz CT molecular complexity index is 513. The second-order valence-electron chi connectivity index (χ2n) is 4.60. The van der Waals surface area contributed by atoms with Gasteiger partial charge >= 0.3 is 0 Å². The van der Waals surface area contributed by atoms with Crippen LogP contribution in [-0.2, 0) is 6.42 Å². The third kappa shape index (κ3) is 3.92. The smallest absolute Gasteiger partial charge is 0.0641 e. The molecule has 1 heterocycles. The minimum Gasteiger partial charge on any atom is -0.298 e. The summed E-state index contributed by atoms with van der Waals surface area (Å²) in [6, 6.07) is 17.0. The first-order valence-corrected chi connectivity index (χ1v) is 7.33. The highest BCUT2D eigenvalue weighted by molar-refractivity contribution is 7.09. The molecule has 0 spiro atoms. The molecule has 2 nitrogen and oxygen atoms in total. The molecule has 0 fully saturated rings. The van der Waals surface area contributed by atoms with Gasteiger partial charge in [0.2, 0.25) is 0 Å². The average Bonchev–Trinajstić information content (AvgIpc) is 2.96. The maximum Gasteiger partial charge on any atom is 0.0641 e. The zero-order valence-electron chi connectivity index (χ0n) is 11.1. The van der Waals surface area contributed by atoms with Crippen molar-refractivity contribution in [2.75, 3.05) is 13.6 Å². The van der Waals surface area contributed by atoms with Crippen LogP contribution < -0.4 is 0 Å². The summed E-state index contributed by atoms with van der Waals surface area (Å²) in [4.78, 5) is 3.67. The number of benzene rings is 1. The Balaban J connectivity index is 2.00. The minimum atomic E-state index is 0.186. The molecule has 0 saturated carbocycles. The third-order valence-electron chi connectivity index (χ3n) is 3.29. The molecule has 0 aliphatic heterocycles. The molecule has 19 heavy (non-hydrogen) atoms. The maximum atomic E-state index is 9.02. The van der Waals surface area contributed by atoms with E-state index in [9.17, 15) is 0 Å². The van der Waals surface area contributed by atoms with Gasteiger partial charge in [-0.3, -0.25) is 4.90 Å². The summed E-state index contributed by atoms with van der Waals surface area (Å²) in [5.74, 6) is 0. The topological polar surface area (TPSA) is 27.0 Å². The molecule has 2 aromatic rings. The molecule has 0 saturated heterocycles. The first-order chi connectivity index (χ1) is 9.31. The van der Waals surface area contributed by atoms with Crippen molar-refractivity contribution < 1.29 is 0 Å². The Morgan fingerprint density at radius 1 is 1.21 bits per heavy atom. The molecule has 1 aromatic carbocycles. The predicted octanol–water partition coefficient (Wildman–Crippen LogP) is 3.88. The lowest BCUT2D eigenvalue weighted by Gasteiger charge is -2.26. The van der Waals surface area contributed by atoms with Gasteiger partial charge in [0, 0.05) is 17.5 Å². The summed E-state index contributed by atoms with van der Waals surface area (Å²) in [5.41, 5.74) is 1.22. The summed E-state index contributed by atoms with van der Waals surface area (Å²) >= 11 is 1.79. The van der Waals surface area contributed by atoms with E-state index in [-0.39, 0.29) is 6.04 Å². The molecule has 1 unspecified atom stereocenters. The highest BCUT2D eigenvalue weighted by atomic mass is 32.1. The lowest BCUT2D eigenvalue weighted by molar-refractivity contribution is 0.251. The highest BCUT2D eigenvalue weighted by Crippen LogP contribution is 2.23. The van der Waals surface area contributed by atoms with E-state index in [1.165, 1.54) is 10.4 Å². The van der Waals surface area contributed by atoms with Crippen molar-refractivity contribution >= 4 is 11.3 Å². The Labute approximate surface area is 118 Å². The predicted molar refractivity (Wildman–Crippen MR) is 80.1 cm³/mol. The van der Waals surface area contributed by atoms with Crippen LogP contribution in [0.2, 0.25) is 0 Å². The number of thiophene rings is 1. The van der Waals surface area contributed by atoms with Crippen LogP contribution in [0.4, 0.5) is 0 Å². The summed E-state index contributed by atoms with van der Waals surface area (Å²) < 4.78 is 0. The second-order valence-corrected chi connectivity index (χ2v) is 5.63. The molecule has 0 N–H and O–H groups in total. The number of likely N-dealkylation sites (N-methyl/N-ethyl adjacent to an activating group) is 1. The first-order valence-electron chi connectivity index (χ1n) is 6.46. The van der Waals surface area contributed by atoms with E-state index in [0.29, 0.717) is 6.42 Å². The maximum absolute atomic E-state index is 9.02. The van der Waals surface area contributed by atoms with E-state index in [0.717, 1.165) is 13.0 Å². The van der Waals surface area contributed by atoms with Gasteiger partial charge in [-0.15, -0.1) is 11.3 Å². The molecule has 98 valence electrons. The lowest BCUT2D eigenvalue weighted by Crippen LogP contribution is -2.26. The van der Waals surface area contributed by atoms with Crippen molar-refractivity contribution in [2.24, 2.45) is 0 Å². The van der Waals surface area contributed by atoms with Crippen LogP contribution >= 0.6 is 11.3 Å². The van der Waals surface area contributed by atoms with Crippen LogP contribution in [0.25, 0.3) is 0 Å². The van der Waals surface area contributed by atoms with Crippen LogP contribution in [-0.4, -0.2) is 18.5 Å². The van der Waals surface area contributed by atoms with Crippen molar-refractivity contribution in [3.63, 3.8) is 0 Å². The van der Waals surface area contributed by atoms with Gasteiger partial charge in [0.15, 0.2) is 0 Å². The van der Waals surface area contributed by atoms with Crippen molar-refractivity contribution in [2.45, 2.75) is 18.9 Å². The fourth-order valence-corrected chi connectivity index (χ4v) is 2.89. The zero-order chi connectivity index (χ0) is 13.5. The zero-order valence-corrected chi connectivity index (χ0v) is 11.9. The van der Waals surface area contributed by atoms with Crippen molar-refractivity contribution in [3.8, 4) is 6.07 Å². The SMILES string of the molecule is CN(CCc1cccs1)C(CC#N)c1ccccc1. The van der Waals surface area contributed by atoms with E-state index in [1.807, 2.05) is 18.2 Å². The number of hydrogen-bond acceptors (Lipinski definition) is 3. The molecular formula is C16H18N2S. The number of rotatable bonds is 6. The Morgan fingerprint density at radius 3 is 2.63 bits per heavy atom. The summed E-state index contributed by atoms with van der Waals surface area (Å²) in [6.07, 6.45) is 1.58. The quantitative estimate of drug-likeness (QED) is 0.796. The fourth-order valence-electron chi connectivity index (χ4n) is 2.19. The van der Waals surface area contributed by atoms with Gasteiger partial charge in [-0.25, -0.2) is 0 Å². The first kappa shape index (κ1) is 13.8. The van der Waals surface area contributed by atoms with Gasteiger partial charge in [0.25, 0.3) is 0 Å². The summed E-state index contributed by atoms with van der Waals surface area (Å²) in [6.45, 7) is 0.974. The van der Waals surface area contributed by atoms with Gasteiger partial charge in [-0.2, -0.15) is 5.26 Å². The van der Waals surface area contributed by atoms with Crippen LogP contribution in [0, 0.1) is 11.3 Å². The van der Waals surface area contributed by atoms with Crippen LogP contribution in [0.1, 0.15) is 22.9 Å². The summed E-state index contributed by atoms with van der Waals surface area (Å²) in [7, 11) is 2.10.